The van der Waals surface area contributed by atoms with Crippen molar-refractivity contribution in [2.75, 3.05) is 31.1 Å². The van der Waals surface area contributed by atoms with Gasteiger partial charge in [-0.1, -0.05) is 12.6 Å². The number of carbonyl (C=O) groups is 1. The minimum absolute atomic E-state index is 0.0247. The van der Waals surface area contributed by atoms with E-state index >= 15 is 0 Å². The Morgan fingerprint density at radius 2 is 2.16 bits per heavy atom. The Bertz CT molecular complexity index is 1260. The molecule has 0 bridgehead atoms. The van der Waals surface area contributed by atoms with E-state index in [1.807, 2.05) is 34.7 Å². The molecule has 0 saturated carbocycles. The molecule has 0 atom stereocenters. The van der Waals surface area contributed by atoms with E-state index in [0.717, 1.165) is 55.0 Å². The molecule has 2 fully saturated rings. The second kappa shape index (κ2) is 6.88. The number of imidazole rings is 1. The maximum absolute atomic E-state index is 11.9. The number of amides is 1. The zero-order valence-corrected chi connectivity index (χ0v) is 17.4. The third-order valence-corrected chi connectivity index (χ3v) is 6.58. The minimum Gasteiger partial charge on any atom is -0.508 e. The first-order chi connectivity index (χ1) is 14.9. The predicted octanol–water partition coefficient (Wildman–Crippen LogP) is 3.11. The summed E-state index contributed by atoms with van der Waals surface area (Å²) in [7, 11) is 0. The molecule has 0 unspecified atom stereocenters. The number of hydrogen-bond acceptors (Lipinski definition) is 5. The van der Waals surface area contributed by atoms with Gasteiger partial charge in [-0.3, -0.25) is 4.79 Å². The van der Waals surface area contributed by atoms with Crippen molar-refractivity contribution in [3.8, 4) is 22.9 Å². The lowest BCUT2D eigenvalue weighted by atomic mass is 9.79. The van der Waals surface area contributed by atoms with Crippen LogP contribution in [0.3, 0.4) is 0 Å². The maximum Gasteiger partial charge on any atom is 0.245 e. The van der Waals surface area contributed by atoms with E-state index in [4.69, 9.17) is 0 Å². The summed E-state index contributed by atoms with van der Waals surface area (Å²) in [6.45, 7) is 8.60. The van der Waals surface area contributed by atoms with E-state index in [2.05, 4.69) is 22.5 Å². The molecule has 2 saturated heterocycles. The molecule has 1 N–H and O–H groups in total. The number of anilines is 1. The lowest BCUT2D eigenvalue weighted by molar-refractivity contribution is -0.136. The van der Waals surface area contributed by atoms with Gasteiger partial charge in [0.05, 0.1) is 11.3 Å². The molecule has 31 heavy (non-hydrogen) atoms. The van der Waals surface area contributed by atoms with E-state index in [9.17, 15) is 15.2 Å². The number of phenols is 1. The number of fused-ring (bicyclic) bond motifs is 1. The van der Waals surface area contributed by atoms with Gasteiger partial charge in [0, 0.05) is 55.7 Å². The molecule has 1 spiro atoms. The first kappa shape index (κ1) is 19.2. The fourth-order valence-electron chi connectivity index (χ4n) is 4.98. The van der Waals surface area contributed by atoms with Gasteiger partial charge in [0.25, 0.3) is 0 Å². The number of aryl methyl sites for hydroxylation is 1. The van der Waals surface area contributed by atoms with Gasteiger partial charge in [-0.2, -0.15) is 5.26 Å². The molecule has 4 heterocycles. The number of nitriles is 1. The summed E-state index contributed by atoms with van der Waals surface area (Å²) < 4.78 is 1.94. The van der Waals surface area contributed by atoms with Gasteiger partial charge in [-0.15, -0.1) is 0 Å². The Hall–Kier alpha value is -3.79. The van der Waals surface area contributed by atoms with Crippen molar-refractivity contribution in [1.29, 1.82) is 5.26 Å². The maximum atomic E-state index is 11.9. The van der Waals surface area contributed by atoms with Crippen LogP contribution in [0.5, 0.6) is 5.75 Å². The molecule has 1 aromatic carbocycles. The summed E-state index contributed by atoms with van der Waals surface area (Å²) >= 11 is 0. The zero-order chi connectivity index (χ0) is 21.8. The summed E-state index contributed by atoms with van der Waals surface area (Å²) in [6.07, 6.45) is 7.90. The Balaban J connectivity index is 1.58. The van der Waals surface area contributed by atoms with Crippen molar-refractivity contribution < 1.29 is 9.90 Å². The summed E-state index contributed by atoms with van der Waals surface area (Å²) in [5.41, 5.74) is 4.67. The Labute approximate surface area is 180 Å². The average molecular weight is 413 g/mol. The first-order valence-electron chi connectivity index (χ1n) is 10.3. The highest BCUT2D eigenvalue weighted by atomic mass is 16.3. The molecule has 0 radical (unpaired) electrons. The number of aromatic nitrogens is 2. The predicted molar refractivity (Wildman–Crippen MR) is 118 cm³/mol. The van der Waals surface area contributed by atoms with Gasteiger partial charge < -0.3 is 19.3 Å². The quantitative estimate of drug-likeness (QED) is 0.667. The van der Waals surface area contributed by atoms with Gasteiger partial charge in [0.2, 0.25) is 5.91 Å². The van der Waals surface area contributed by atoms with Crippen molar-refractivity contribution in [2.24, 2.45) is 5.41 Å². The van der Waals surface area contributed by atoms with Crippen LogP contribution in [0.2, 0.25) is 0 Å². The molecule has 2 aliphatic rings. The molecule has 1 amide bonds. The summed E-state index contributed by atoms with van der Waals surface area (Å²) in [5, 5.41) is 20.3. The van der Waals surface area contributed by atoms with Crippen LogP contribution in [-0.2, 0) is 4.79 Å². The summed E-state index contributed by atoms with van der Waals surface area (Å²) in [4.78, 5) is 20.4. The van der Waals surface area contributed by atoms with Crippen LogP contribution in [0.25, 0.3) is 16.8 Å². The molecule has 0 aliphatic carbocycles. The smallest absolute Gasteiger partial charge is 0.245 e. The van der Waals surface area contributed by atoms with Crippen LogP contribution in [0.15, 0.2) is 49.4 Å². The second-order valence-electron chi connectivity index (χ2n) is 8.60. The lowest BCUT2D eigenvalue weighted by Crippen LogP contribution is -2.59. The van der Waals surface area contributed by atoms with Crippen LogP contribution in [0.1, 0.15) is 17.5 Å². The number of rotatable bonds is 3. The molecule has 7 nitrogen and oxygen atoms in total. The number of nitrogens with zero attached hydrogens (tertiary/aromatic N) is 5. The third-order valence-electron chi connectivity index (χ3n) is 6.58. The van der Waals surface area contributed by atoms with Crippen LogP contribution >= 0.6 is 0 Å². The minimum atomic E-state index is -0.0247. The van der Waals surface area contributed by atoms with Crippen molar-refractivity contribution in [1.82, 2.24) is 14.3 Å². The molecule has 5 rings (SSSR count). The van der Waals surface area contributed by atoms with Crippen LogP contribution in [-0.4, -0.2) is 51.5 Å². The SMILES string of the molecule is C=CC(=O)N1CC2(CCN(c3cn4ccnc4c(-c4cc(O)ccc4C)c3C#N)C2)C1. The highest BCUT2D eigenvalue weighted by molar-refractivity contribution is 5.90. The van der Waals surface area contributed by atoms with Gasteiger partial charge in [-0.25, -0.2) is 4.98 Å². The van der Waals surface area contributed by atoms with Crippen LogP contribution in [0.4, 0.5) is 5.69 Å². The third kappa shape index (κ3) is 2.95. The largest absolute Gasteiger partial charge is 0.508 e. The number of hydrogen-bond donors (Lipinski definition) is 1. The van der Waals surface area contributed by atoms with Crippen molar-refractivity contribution in [3.05, 3.63) is 60.6 Å². The Morgan fingerprint density at radius 3 is 2.90 bits per heavy atom. The topological polar surface area (TPSA) is 84.9 Å². The van der Waals surface area contributed by atoms with Crippen molar-refractivity contribution >= 4 is 17.2 Å². The average Bonchev–Trinajstić information content (AvgIpc) is 3.39. The van der Waals surface area contributed by atoms with Crippen molar-refractivity contribution in [2.45, 2.75) is 13.3 Å². The second-order valence-corrected chi connectivity index (χ2v) is 8.60. The van der Waals surface area contributed by atoms with E-state index in [0.29, 0.717) is 11.2 Å². The molecule has 7 heteroatoms. The number of carbonyl (C=O) groups excluding carboxylic acids is 1. The summed E-state index contributed by atoms with van der Waals surface area (Å²) in [6, 6.07) is 7.60. The molecule has 2 aromatic heterocycles. The molecule has 156 valence electrons. The monoisotopic (exact) mass is 413 g/mol. The van der Waals surface area contributed by atoms with Gasteiger partial charge in [0.15, 0.2) is 0 Å². The van der Waals surface area contributed by atoms with Crippen molar-refractivity contribution in [3.63, 3.8) is 0 Å². The lowest BCUT2D eigenvalue weighted by Gasteiger charge is -2.47. The number of pyridine rings is 1. The fraction of sp³-hybridized carbons (Fsp3) is 0.292. The number of likely N-dealkylation sites (tertiary alicyclic amines) is 1. The molecular formula is C24H23N5O2. The van der Waals surface area contributed by atoms with Gasteiger partial charge >= 0.3 is 0 Å². The number of benzene rings is 1. The van der Waals surface area contributed by atoms with E-state index in [-0.39, 0.29) is 17.1 Å². The normalized spacial score (nSPS) is 17.0. The Kier molecular flexibility index (Phi) is 4.26. The standard InChI is InChI=1S/C24H23N5O2/c1-3-21(31)29-14-24(15-29)6-8-28(13-24)20-12-27-9-7-26-23(27)22(19(20)11-25)18-10-17(30)5-4-16(18)2/h3-5,7,9-10,12,30H,1,6,8,13-15H2,2H3. The van der Waals surface area contributed by atoms with E-state index in [1.165, 1.54) is 6.08 Å². The van der Waals surface area contributed by atoms with Gasteiger partial charge in [-0.05, 0) is 42.7 Å². The fourth-order valence-corrected chi connectivity index (χ4v) is 4.98. The van der Waals surface area contributed by atoms with Crippen LogP contribution in [0, 0.1) is 23.7 Å². The van der Waals surface area contributed by atoms with E-state index < -0.39 is 0 Å². The van der Waals surface area contributed by atoms with Gasteiger partial charge in [0.1, 0.15) is 17.5 Å². The zero-order valence-electron chi connectivity index (χ0n) is 17.4. The number of aromatic hydroxyl groups is 1. The van der Waals surface area contributed by atoms with Crippen LogP contribution < -0.4 is 4.90 Å². The van der Waals surface area contributed by atoms with E-state index in [1.54, 1.807) is 18.3 Å². The molecule has 3 aromatic rings. The Morgan fingerprint density at radius 1 is 1.35 bits per heavy atom. The first-order valence-corrected chi connectivity index (χ1v) is 10.3. The molecule has 2 aliphatic heterocycles. The summed E-state index contributed by atoms with van der Waals surface area (Å²) in [5.74, 6) is 0.129. The molecular weight excluding hydrogens is 390 g/mol. The number of phenolic OH excluding ortho intramolecular Hbond substituents is 1. The highest BCUT2D eigenvalue weighted by Gasteiger charge is 2.49. The highest BCUT2D eigenvalue weighted by Crippen LogP contribution is 2.44.